The van der Waals surface area contributed by atoms with Crippen LogP contribution < -0.4 is 14.2 Å². The van der Waals surface area contributed by atoms with E-state index >= 15 is 0 Å². The molecule has 2 aromatic rings. The summed E-state index contributed by atoms with van der Waals surface area (Å²) in [7, 11) is -1.33. The molecule has 3 rings (SSSR count). The van der Waals surface area contributed by atoms with Gasteiger partial charge in [-0.15, -0.1) is 0 Å². The van der Waals surface area contributed by atoms with Crippen LogP contribution in [0, 0.1) is 0 Å². The molecule has 2 aromatic carbocycles. The van der Waals surface area contributed by atoms with Gasteiger partial charge in [-0.05, 0) is 23.8 Å². The van der Waals surface area contributed by atoms with Crippen molar-refractivity contribution in [3.63, 3.8) is 0 Å². The number of carbonyl (C=O) groups excluding carboxylic acids is 1. The van der Waals surface area contributed by atoms with Crippen molar-refractivity contribution < 1.29 is 32.0 Å². The molecule has 0 aliphatic carbocycles. The van der Waals surface area contributed by atoms with Crippen LogP contribution in [-0.4, -0.2) is 33.0 Å². The minimum atomic E-state index is -4.27. The van der Waals surface area contributed by atoms with Gasteiger partial charge in [0.05, 0.1) is 19.1 Å². The molecule has 7 nitrogen and oxygen atoms in total. The van der Waals surface area contributed by atoms with Gasteiger partial charge in [-0.2, -0.15) is 8.42 Å². The van der Waals surface area contributed by atoms with Crippen LogP contribution in [0.1, 0.15) is 15.9 Å². The summed E-state index contributed by atoms with van der Waals surface area (Å²) in [4.78, 5) is 12.3. The first kappa shape index (κ1) is 17.0. The maximum absolute atomic E-state index is 12.6. The zero-order valence-electron chi connectivity index (χ0n) is 13.3. The number of hydrogen-bond acceptors (Lipinski definition) is 6. The van der Waals surface area contributed by atoms with E-state index in [1.807, 2.05) is 0 Å². The smallest absolute Gasteiger partial charge is 0.294 e. The van der Waals surface area contributed by atoms with Crippen molar-refractivity contribution in [1.29, 1.82) is 0 Å². The van der Waals surface area contributed by atoms with Gasteiger partial charge in [0.25, 0.3) is 10.1 Å². The summed E-state index contributed by atoms with van der Waals surface area (Å²) >= 11 is 0. The van der Waals surface area contributed by atoms with E-state index in [1.54, 1.807) is 12.1 Å². The number of methoxy groups -OCH3 is 2. The summed E-state index contributed by atoms with van der Waals surface area (Å²) in [5.74, 6) is 0.864. The Labute approximate surface area is 144 Å². The molecule has 0 atom stereocenters. The normalized spacial score (nSPS) is 15.0. The number of allylic oxidation sites excluding steroid dienone is 1. The van der Waals surface area contributed by atoms with E-state index in [4.69, 9.17) is 18.8 Å². The van der Waals surface area contributed by atoms with Gasteiger partial charge in [0, 0.05) is 12.1 Å². The molecule has 0 spiro atoms. The number of ketones is 1. The van der Waals surface area contributed by atoms with Crippen LogP contribution in [0.3, 0.4) is 0 Å². The summed E-state index contributed by atoms with van der Waals surface area (Å²) in [6, 6.07) is 8.54. The van der Waals surface area contributed by atoms with E-state index in [1.165, 1.54) is 44.6 Å². The standard InChI is InChI=1S/C17H14O7S/c1-22-11-8-13(23-2)16-14(9-11)24-15(17(16)18)7-10-3-5-12(6-4-10)25(19,20)21/h3-9H,1-2H3,(H,19,20,21)/b15-7-. The maximum atomic E-state index is 12.6. The number of benzene rings is 2. The van der Waals surface area contributed by atoms with Crippen molar-refractivity contribution in [1.82, 2.24) is 0 Å². The van der Waals surface area contributed by atoms with E-state index in [9.17, 15) is 13.2 Å². The minimum absolute atomic E-state index is 0.0705. The Morgan fingerprint density at radius 3 is 2.32 bits per heavy atom. The van der Waals surface area contributed by atoms with Crippen LogP contribution in [0.5, 0.6) is 17.2 Å². The van der Waals surface area contributed by atoms with Crippen molar-refractivity contribution in [2.45, 2.75) is 4.90 Å². The zero-order valence-corrected chi connectivity index (χ0v) is 14.2. The van der Waals surface area contributed by atoms with Gasteiger partial charge < -0.3 is 14.2 Å². The highest BCUT2D eigenvalue weighted by atomic mass is 32.2. The molecule has 0 unspecified atom stereocenters. The molecule has 0 aromatic heterocycles. The maximum Gasteiger partial charge on any atom is 0.294 e. The van der Waals surface area contributed by atoms with Gasteiger partial charge in [0.2, 0.25) is 5.78 Å². The second kappa shape index (κ2) is 6.23. The average Bonchev–Trinajstić information content (AvgIpc) is 2.89. The van der Waals surface area contributed by atoms with Crippen LogP contribution in [0.2, 0.25) is 0 Å². The van der Waals surface area contributed by atoms with Gasteiger partial charge in [-0.25, -0.2) is 0 Å². The Hall–Kier alpha value is -2.84. The van der Waals surface area contributed by atoms with E-state index < -0.39 is 10.1 Å². The molecule has 0 bridgehead atoms. The summed E-state index contributed by atoms with van der Waals surface area (Å²) in [5, 5.41) is 0. The van der Waals surface area contributed by atoms with Crippen LogP contribution >= 0.6 is 0 Å². The first-order valence-electron chi connectivity index (χ1n) is 7.11. The Morgan fingerprint density at radius 1 is 1.08 bits per heavy atom. The zero-order chi connectivity index (χ0) is 18.2. The Bertz CT molecular complexity index is 973. The highest BCUT2D eigenvalue weighted by Crippen LogP contribution is 2.41. The van der Waals surface area contributed by atoms with Gasteiger partial charge in [0.15, 0.2) is 5.76 Å². The van der Waals surface area contributed by atoms with Gasteiger partial charge in [0.1, 0.15) is 22.8 Å². The van der Waals surface area contributed by atoms with Crippen molar-refractivity contribution >= 4 is 22.0 Å². The van der Waals surface area contributed by atoms with Crippen LogP contribution in [0.4, 0.5) is 0 Å². The molecular formula is C17H14O7S. The second-order valence-corrected chi connectivity index (χ2v) is 6.61. The van der Waals surface area contributed by atoms with E-state index in [0.717, 1.165) is 0 Å². The fourth-order valence-electron chi connectivity index (χ4n) is 2.42. The molecule has 0 saturated heterocycles. The molecule has 0 fully saturated rings. The topological polar surface area (TPSA) is 99.1 Å². The predicted molar refractivity (Wildman–Crippen MR) is 88.7 cm³/mol. The molecule has 0 amide bonds. The van der Waals surface area contributed by atoms with Gasteiger partial charge in [-0.3, -0.25) is 9.35 Å². The quantitative estimate of drug-likeness (QED) is 0.659. The number of rotatable bonds is 4. The summed E-state index contributed by atoms with van der Waals surface area (Å²) in [5.41, 5.74) is 0.832. The van der Waals surface area contributed by atoms with Crippen molar-refractivity contribution in [2.75, 3.05) is 14.2 Å². The van der Waals surface area contributed by atoms with Crippen molar-refractivity contribution in [3.8, 4) is 17.2 Å². The lowest BCUT2D eigenvalue weighted by molar-refractivity contribution is 0.101. The lowest BCUT2D eigenvalue weighted by Gasteiger charge is -2.07. The predicted octanol–water partition coefficient (Wildman–Crippen LogP) is 2.57. The number of hydrogen-bond donors (Lipinski definition) is 1. The Balaban J connectivity index is 1.97. The van der Waals surface area contributed by atoms with E-state index in [0.29, 0.717) is 28.4 Å². The molecule has 130 valence electrons. The second-order valence-electron chi connectivity index (χ2n) is 5.19. The molecular weight excluding hydrogens is 348 g/mol. The average molecular weight is 362 g/mol. The van der Waals surface area contributed by atoms with Crippen LogP contribution in [0.15, 0.2) is 47.1 Å². The summed E-state index contributed by atoms with van der Waals surface area (Å²) in [6.07, 6.45) is 1.47. The fourth-order valence-corrected chi connectivity index (χ4v) is 2.90. The largest absolute Gasteiger partial charge is 0.496 e. The molecule has 1 N–H and O–H groups in total. The lowest BCUT2D eigenvalue weighted by atomic mass is 10.1. The Kier molecular flexibility index (Phi) is 4.23. The molecule has 8 heteroatoms. The highest BCUT2D eigenvalue weighted by Gasteiger charge is 2.32. The lowest BCUT2D eigenvalue weighted by Crippen LogP contribution is -2.00. The molecule has 0 saturated carbocycles. The fraction of sp³-hybridized carbons (Fsp3) is 0.118. The monoisotopic (exact) mass is 362 g/mol. The summed E-state index contributed by atoms with van der Waals surface area (Å²) < 4.78 is 47.0. The van der Waals surface area contributed by atoms with E-state index in [-0.39, 0.29) is 16.4 Å². The SMILES string of the molecule is COc1cc(OC)c2c(c1)O/C(=C\c1ccc(S(=O)(=O)O)cc1)C2=O. The number of ether oxygens (including phenoxy) is 3. The number of carbonyl (C=O) groups is 1. The third-order valence-corrected chi connectivity index (χ3v) is 4.51. The first-order valence-corrected chi connectivity index (χ1v) is 8.55. The first-order chi connectivity index (χ1) is 11.8. The Morgan fingerprint density at radius 2 is 1.76 bits per heavy atom. The third kappa shape index (κ3) is 3.21. The molecule has 1 aliphatic heterocycles. The molecule has 0 radical (unpaired) electrons. The number of fused-ring (bicyclic) bond motifs is 1. The highest BCUT2D eigenvalue weighted by molar-refractivity contribution is 7.85. The summed E-state index contributed by atoms with van der Waals surface area (Å²) in [6.45, 7) is 0. The van der Waals surface area contributed by atoms with Crippen molar-refractivity contribution in [2.24, 2.45) is 0 Å². The molecule has 1 aliphatic rings. The molecule has 25 heavy (non-hydrogen) atoms. The third-order valence-electron chi connectivity index (χ3n) is 3.64. The van der Waals surface area contributed by atoms with Gasteiger partial charge in [-0.1, -0.05) is 12.1 Å². The molecule has 1 heterocycles. The van der Waals surface area contributed by atoms with Crippen LogP contribution in [-0.2, 0) is 10.1 Å². The van der Waals surface area contributed by atoms with E-state index in [2.05, 4.69) is 0 Å². The van der Waals surface area contributed by atoms with Gasteiger partial charge >= 0.3 is 0 Å². The minimum Gasteiger partial charge on any atom is -0.496 e. The van der Waals surface area contributed by atoms with Crippen molar-refractivity contribution in [3.05, 3.63) is 53.3 Å². The van der Waals surface area contributed by atoms with Crippen LogP contribution in [0.25, 0.3) is 6.08 Å². The number of Topliss-reactive ketones (excluding diaryl/α,β-unsaturated/α-hetero) is 1.